The maximum absolute atomic E-state index is 13.3. The quantitative estimate of drug-likeness (QED) is 0.594. The van der Waals surface area contributed by atoms with Crippen LogP contribution >= 0.6 is 0 Å². The molecule has 1 aliphatic rings. The highest BCUT2D eigenvalue weighted by atomic mass is 19.1. The number of hydrazine groups is 1. The number of nitrogens with one attached hydrogen (secondary N) is 1. The Labute approximate surface area is 190 Å². The molecule has 1 fully saturated rings. The Morgan fingerprint density at radius 2 is 1.88 bits per heavy atom. The smallest absolute Gasteiger partial charge is 0.275 e. The van der Waals surface area contributed by atoms with E-state index in [9.17, 15) is 19.1 Å². The Bertz CT molecular complexity index is 1220. The lowest BCUT2D eigenvalue weighted by Crippen LogP contribution is -2.49. The van der Waals surface area contributed by atoms with Gasteiger partial charge < -0.3 is 14.4 Å². The van der Waals surface area contributed by atoms with Crippen LogP contribution in [0, 0.1) is 11.7 Å². The third kappa shape index (κ3) is 5.04. The number of halogens is 1. The van der Waals surface area contributed by atoms with Crippen LogP contribution in [0.3, 0.4) is 0 Å². The molecule has 1 amide bonds. The number of carbonyl (C=O) groups excluding carboxylic acids is 1. The number of ether oxygens (including phenoxy) is 1. The standard InChI is InChI=1S/C24H27FN4O4/c1-15(2)14-29-19-8-7-18(13-16-3-5-17(25)6-4-16)26-21(19)22(30)20(24(29)32)23(31)27-28-9-11-33-12-10-28/h3-8,15,30H,9-14H2,1-2H3,(H,27,31). The Hall–Kier alpha value is -3.30. The van der Waals surface area contributed by atoms with Crippen LogP contribution in [0.5, 0.6) is 5.75 Å². The fourth-order valence-electron chi connectivity index (χ4n) is 3.88. The molecule has 4 rings (SSSR count). The molecule has 33 heavy (non-hydrogen) atoms. The third-order valence-corrected chi connectivity index (χ3v) is 5.49. The largest absolute Gasteiger partial charge is 0.505 e. The number of benzene rings is 1. The number of fused-ring (bicyclic) bond motifs is 1. The molecule has 0 saturated carbocycles. The molecule has 0 spiro atoms. The van der Waals surface area contributed by atoms with Crippen molar-refractivity contribution in [2.24, 2.45) is 5.92 Å². The molecule has 1 saturated heterocycles. The van der Waals surface area contributed by atoms with E-state index in [1.165, 1.54) is 16.7 Å². The zero-order chi connectivity index (χ0) is 23.5. The van der Waals surface area contributed by atoms with Crippen LogP contribution in [-0.4, -0.2) is 51.9 Å². The minimum atomic E-state index is -0.676. The van der Waals surface area contributed by atoms with Crippen molar-refractivity contribution < 1.29 is 19.0 Å². The van der Waals surface area contributed by atoms with E-state index in [-0.39, 0.29) is 22.8 Å². The van der Waals surface area contributed by atoms with Gasteiger partial charge in [-0.05, 0) is 35.7 Å². The second-order valence-corrected chi connectivity index (χ2v) is 8.55. The third-order valence-electron chi connectivity index (χ3n) is 5.49. The number of aromatic hydroxyl groups is 1. The molecule has 174 valence electrons. The molecule has 0 unspecified atom stereocenters. The van der Waals surface area contributed by atoms with Crippen LogP contribution in [0.4, 0.5) is 4.39 Å². The molecule has 2 aromatic heterocycles. The summed E-state index contributed by atoms with van der Waals surface area (Å²) in [6.07, 6.45) is 0.411. The first-order valence-corrected chi connectivity index (χ1v) is 11.0. The summed E-state index contributed by atoms with van der Waals surface area (Å²) in [6, 6.07) is 9.59. The fourth-order valence-corrected chi connectivity index (χ4v) is 3.88. The lowest BCUT2D eigenvalue weighted by molar-refractivity contribution is 0.0125. The van der Waals surface area contributed by atoms with E-state index in [0.717, 1.165) is 5.56 Å². The van der Waals surface area contributed by atoms with E-state index in [1.54, 1.807) is 29.3 Å². The highest BCUT2D eigenvalue weighted by molar-refractivity contribution is 6.01. The van der Waals surface area contributed by atoms with E-state index < -0.39 is 17.2 Å². The van der Waals surface area contributed by atoms with Gasteiger partial charge in [0.15, 0.2) is 5.75 Å². The van der Waals surface area contributed by atoms with Gasteiger partial charge in [0.1, 0.15) is 16.9 Å². The molecule has 0 atom stereocenters. The predicted octanol–water partition coefficient (Wildman–Crippen LogP) is 2.47. The summed E-state index contributed by atoms with van der Waals surface area (Å²) in [6.45, 7) is 6.21. The normalized spacial score (nSPS) is 14.7. The number of carbonyl (C=O) groups is 1. The molecule has 8 nitrogen and oxygen atoms in total. The van der Waals surface area contributed by atoms with Crippen molar-refractivity contribution in [2.75, 3.05) is 26.3 Å². The Morgan fingerprint density at radius 1 is 1.18 bits per heavy atom. The number of hydrogen-bond donors (Lipinski definition) is 2. The summed E-state index contributed by atoms with van der Waals surface area (Å²) >= 11 is 0. The second kappa shape index (κ2) is 9.68. The number of pyridine rings is 2. The minimum Gasteiger partial charge on any atom is -0.505 e. The van der Waals surface area contributed by atoms with Gasteiger partial charge >= 0.3 is 0 Å². The summed E-state index contributed by atoms with van der Waals surface area (Å²) in [5, 5.41) is 12.7. The van der Waals surface area contributed by atoms with E-state index in [0.29, 0.717) is 50.5 Å². The molecular weight excluding hydrogens is 427 g/mol. The lowest BCUT2D eigenvalue weighted by atomic mass is 10.1. The highest BCUT2D eigenvalue weighted by Crippen LogP contribution is 2.26. The lowest BCUT2D eigenvalue weighted by Gasteiger charge is -2.27. The van der Waals surface area contributed by atoms with E-state index in [1.807, 2.05) is 13.8 Å². The molecule has 3 heterocycles. The van der Waals surface area contributed by atoms with Gasteiger partial charge in [-0.25, -0.2) is 14.4 Å². The Morgan fingerprint density at radius 3 is 2.55 bits per heavy atom. The van der Waals surface area contributed by atoms with Crippen molar-refractivity contribution in [3.05, 3.63) is 69.4 Å². The van der Waals surface area contributed by atoms with Crippen LogP contribution in [0.1, 0.15) is 35.5 Å². The maximum Gasteiger partial charge on any atom is 0.275 e. The summed E-state index contributed by atoms with van der Waals surface area (Å²) in [5.74, 6) is -1.31. The Kier molecular flexibility index (Phi) is 6.71. The van der Waals surface area contributed by atoms with Gasteiger partial charge in [-0.15, -0.1) is 0 Å². The molecule has 0 bridgehead atoms. The van der Waals surface area contributed by atoms with Crippen LogP contribution < -0.4 is 11.0 Å². The van der Waals surface area contributed by atoms with Crippen LogP contribution in [0.2, 0.25) is 0 Å². The minimum absolute atomic E-state index is 0.129. The SMILES string of the molecule is CC(C)Cn1c(=O)c(C(=O)NN2CCOCC2)c(O)c2nc(Cc3ccc(F)cc3)ccc21. The molecular formula is C24H27FN4O4. The summed E-state index contributed by atoms with van der Waals surface area (Å²) < 4.78 is 20.0. The number of nitrogens with zero attached hydrogens (tertiary/aromatic N) is 3. The first-order valence-electron chi connectivity index (χ1n) is 11.0. The van der Waals surface area contributed by atoms with Crippen molar-refractivity contribution in [2.45, 2.75) is 26.8 Å². The number of hydrogen-bond acceptors (Lipinski definition) is 6. The zero-order valence-electron chi connectivity index (χ0n) is 18.7. The zero-order valence-corrected chi connectivity index (χ0v) is 18.7. The molecule has 2 N–H and O–H groups in total. The van der Waals surface area contributed by atoms with Crippen molar-refractivity contribution >= 4 is 16.9 Å². The average molecular weight is 455 g/mol. The van der Waals surface area contributed by atoms with Crippen LogP contribution in [0.15, 0.2) is 41.2 Å². The van der Waals surface area contributed by atoms with Crippen molar-refractivity contribution in [1.82, 2.24) is 20.0 Å². The number of rotatable bonds is 6. The molecule has 9 heteroatoms. The summed E-state index contributed by atoms with van der Waals surface area (Å²) in [4.78, 5) is 30.9. The monoisotopic (exact) mass is 454 g/mol. The van der Waals surface area contributed by atoms with Crippen LogP contribution in [0.25, 0.3) is 11.0 Å². The van der Waals surface area contributed by atoms with Crippen molar-refractivity contribution in [1.29, 1.82) is 0 Å². The number of amides is 1. The number of morpholine rings is 1. The van der Waals surface area contributed by atoms with E-state index in [2.05, 4.69) is 10.4 Å². The van der Waals surface area contributed by atoms with Crippen molar-refractivity contribution in [3.8, 4) is 5.75 Å². The molecule has 3 aromatic rings. The highest BCUT2D eigenvalue weighted by Gasteiger charge is 2.25. The van der Waals surface area contributed by atoms with Gasteiger partial charge in [-0.2, -0.15) is 0 Å². The van der Waals surface area contributed by atoms with Gasteiger partial charge in [0.2, 0.25) is 0 Å². The summed E-state index contributed by atoms with van der Waals surface area (Å²) in [5.41, 5.74) is 3.92. The van der Waals surface area contributed by atoms with Gasteiger partial charge in [-0.3, -0.25) is 15.0 Å². The van der Waals surface area contributed by atoms with Crippen LogP contribution in [-0.2, 0) is 17.7 Å². The van der Waals surface area contributed by atoms with E-state index in [4.69, 9.17) is 4.74 Å². The van der Waals surface area contributed by atoms with Gasteiger partial charge in [-0.1, -0.05) is 26.0 Å². The van der Waals surface area contributed by atoms with E-state index >= 15 is 0 Å². The molecule has 0 radical (unpaired) electrons. The summed E-state index contributed by atoms with van der Waals surface area (Å²) in [7, 11) is 0. The molecule has 0 aliphatic carbocycles. The van der Waals surface area contributed by atoms with Gasteiger partial charge in [0.05, 0.1) is 18.7 Å². The number of aromatic nitrogens is 2. The second-order valence-electron chi connectivity index (χ2n) is 8.55. The first-order chi connectivity index (χ1) is 15.8. The average Bonchev–Trinajstić information content (AvgIpc) is 2.79. The predicted molar refractivity (Wildman–Crippen MR) is 122 cm³/mol. The topological polar surface area (TPSA) is 96.7 Å². The van der Waals surface area contributed by atoms with Gasteiger partial charge in [0, 0.05) is 31.7 Å². The van der Waals surface area contributed by atoms with Crippen molar-refractivity contribution in [3.63, 3.8) is 0 Å². The first kappa shape index (κ1) is 22.9. The molecule has 1 aromatic carbocycles. The fraction of sp³-hybridized carbons (Fsp3) is 0.375. The van der Waals surface area contributed by atoms with Gasteiger partial charge in [0.25, 0.3) is 11.5 Å². The molecule has 1 aliphatic heterocycles. The Balaban J connectivity index is 1.77. The maximum atomic E-state index is 13.3.